The van der Waals surface area contributed by atoms with Gasteiger partial charge in [0.05, 0.1) is 15.6 Å². The minimum Gasteiger partial charge on any atom is -0.293 e. The van der Waals surface area contributed by atoms with Gasteiger partial charge in [0.15, 0.2) is 5.82 Å². The van der Waals surface area contributed by atoms with Crippen molar-refractivity contribution in [2.75, 3.05) is 0 Å². The van der Waals surface area contributed by atoms with Crippen molar-refractivity contribution in [3.8, 4) is 10.7 Å². The fourth-order valence-corrected chi connectivity index (χ4v) is 3.83. The first kappa shape index (κ1) is 13.0. The van der Waals surface area contributed by atoms with Crippen molar-refractivity contribution < 1.29 is 8.42 Å². The second-order valence-electron chi connectivity index (χ2n) is 4.49. The van der Waals surface area contributed by atoms with Gasteiger partial charge >= 0.3 is 0 Å². The van der Waals surface area contributed by atoms with E-state index in [4.69, 9.17) is 10.7 Å². The molecular weight excluding hydrogens is 308 g/mol. The SMILES string of the molecule is Cc1nc(C)c(-c2nnc(S(=O)(=O)Cl)n2C2CC2)s1. The van der Waals surface area contributed by atoms with E-state index in [1.165, 1.54) is 11.3 Å². The van der Waals surface area contributed by atoms with Crippen LogP contribution in [0.15, 0.2) is 5.16 Å². The topological polar surface area (TPSA) is 77.7 Å². The van der Waals surface area contributed by atoms with Crippen LogP contribution >= 0.6 is 22.0 Å². The molecule has 102 valence electrons. The highest BCUT2D eigenvalue weighted by molar-refractivity contribution is 8.13. The Hall–Kier alpha value is -0.990. The normalized spacial score (nSPS) is 15.9. The van der Waals surface area contributed by atoms with Gasteiger partial charge in [-0.2, -0.15) is 0 Å². The molecule has 0 spiro atoms. The van der Waals surface area contributed by atoms with Gasteiger partial charge in [-0.25, -0.2) is 13.4 Å². The van der Waals surface area contributed by atoms with Crippen molar-refractivity contribution in [2.24, 2.45) is 0 Å². The molecular formula is C10H11ClN4O2S2. The van der Waals surface area contributed by atoms with Crippen molar-refractivity contribution >= 4 is 31.1 Å². The molecule has 1 aliphatic carbocycles. The summed E-state index contributed by atoms with van der Waals surface area (Å²) in [4.78, 5) is 5.19. The van der Waals surface area contributed by atoms with Crippen molar-refractivity contribution in [1.29, 1.82) is 0 Å². The van der Waals surface area contributed by atoms with Gasteiger partial charge in [-0.05, 0) is 26.7 Å². The van der Waals surface area contributed by atoms with E-state index in [9.17, 15) is 8.42 Å². The first-order chi connectivity index (χ1) is 8.88. The van der Waals surface area contributed by atoms with E-state index in [0.29, 0.717) is 5.82 Å². The van der Waals surface area contributed by atoms with Gasteiger partial charge in [-0.15, -0.1) is 21.5 Å². The minimum absolute atomic E-state index is 0.121. The maximum Gasteiger partial charge on any atom is 0.296 e. The molecule has 19 heavy (non-hydrogen) atoms. The Morgan fingerprint density at radius 1 is 1.32 bits per heavy atom. The van der Waals surface area contributed by atoms with Gasteiger partial charge in [0.25, 0.3) is 14.2 Å². The third-order valence-corrected chi connectivity index (χ3v) is 5.10. The second kappa shape index (κ2) is 4.26. The van der Waals surface area contributed by atoms with E-state index in [-0.39, 0.29) is 11.2 Å². The number of thiazole rings is 1. The molecule has 0 saturated heterocycles. The highest BCUT2D eigenvalue weighted by atomic mass is 35.7. The van der Waals surface area contributed by atoms with Crippen LogP contribution in [0.5, 0.6) is 0 Å². The summed E-state index contributed by atoms with van der Waals surface area (Å²) < 4.78 is 24.7. The molecule has 0 N–H and O–H groups in total. The Morgan fingerprint density at radius 2 is 2.00 bits per heavy atom. The zero-order chi connectivity index (χ0) is 13.8. The molecule has 0 aromatic carbocycles. The standard InChI is InChI=1S/C10H11ClN4O2S2/c1-5-8(18-6(2)12-5)9-13-14-10(19(11,16)17)15(9)7-3-4-7/h7H,3-4H2,1-2H3. The van der Waals surface area contributed by atoms with E-state index < -0.39 is 9.05 Å². The molecule has 1 aliphatic rings. The molecule has 2 heterocycles. The van der Waals surface area contributed by atoms with E-state index in [1.54, 1.807) is 4.57 Å². The lowest BCUT2D eigenvalue weighted by Crippen LogP contribution is -2.06. The Morgan fingerprint density at radius 3 is 2.47 bits per heavy atom. The second-order valence-corrected chi connectivity index (χ2v) is 8.16. The molecule has 0 unspecified atom stereocenters. The fourth-order valence-electron chi connectivity index (χ4n) is 2.00. The van der Waals surface area contributed by atoms with Gasteiger partial charge in [-0.3, -0.25) is 4.57 Å². The zero-order valence-corrected chi connectivity index (χ0v) is 12.7. The lowest BCUT2D eigenvalue weighted by molar-refractivity contribution is 0.579. The van der Waals surface area contributed by atoms with E-state index in [1.807, 2.05) is 13.8 Å². The van der Waals surface area contributed by atoms with Crippen LogP contribution in [0.25, 0.3) is 10.7 Å². The van der Waals surface area contributed by atoms with Crippen molar-refractivity contribution in [3.63, 3.8) is 0 Å². The summed E-state index contributed by atoms with van der Waals surface area (Å²) in [6.45, 7) is 3.78. The molecule has 0 bridgehead atoms. The molecule has 0 radical (unpaired) electrons. The van der Waals surface area contributed by atoms with Crippen LogP contribution in [0, 0.1) is 13.8 Å². The van der Waals surface area contributed by atoms with Crippen LogP contribution in [0.2, 0.25) is 0 Å². The maximum absolute atomic E-state index is 11.6. The van der Waals surface area contributed by atoms with Gasteiger partial charge in [0, 0.05) is 16.7 Å². The minimum atomic E-state index is -3.89. The van der Waals surface area contributed by atoms with Gasteiger partial charge in [0.1, 0.15) is 0 Å². The van der Waals surface area contributed by atoms with Crippen LogP contribution in [0.3, 0.4) is 0 Å². The summed E-state index contributed by atoms with van der Waals surface area (Å²) in [7, 11) is 1.53. The smallest absolute Gasteiger partial charge is 0.293 e. The maximum atomic E-state index is 11.6. The first-order valence-corrected chi connectivity index (χ1v) is 8.84. The van der Waals surface area contributed by atoms with Crippen LogP contribution in [-0.2, 0) is 9.05 Å². The molecule has 2 aromatic rings. The summed E-state index contributed by atoms with van der Waals surface area (Å²) in [6.07, 6.45) is 1.84. The largest absolute Gasteiger partial charge is 0.296 e. The molecule has 2 aromatic heterocycles. The summed E-state index contributed by atoms with van der Waals surface area (Å²) in [5.41, 5.74) is 0.829. The van der Waals surface area contributed by atoms with Crippen molar-refractivity contribution in [1.82, 2.24) is 19.7 Å². The van der Waals surface area contributed by atoms with Crippen LogP contribution < -0.4 is 0 Å². The number of hydrogen-bond acceptors (Lipinski definition) is 6. The highest BCUT2D eigenvalue weighted by Crippen LogP contribution is 2.41. The zero-order valence-electron chi connectivity index (χ0n) is 10.3. The Balaban J connectivity index is 2.23. The van der Waals surface area contributed by atoms with Crippen LogP contribution in [0.1, 0.15) is 29.6 Å². The van der Waals surface area contributed by atoms with Gasteiger partial charge in [0.2, 0.25) is 0 Å². The van der Waals surface area contributed by atoms with Crippen LogP contribution in [-0.4, -0.2) is 28.2 Å². The first-order valence-electron chi connectivity index (χ1n) is 5.72. The predicted molar refractivity (Wildman–Crippen MR) is 71.9 cm³/mol. The molecule has 1 fully saturated rings. The number of aromatic nitrogens is 4. The van der Waals surface area contributed by atoms with E-state index in [2.05, 4.69) is 15.2 Å². The summed E-state index contributed by atoms with van der Waals surface area (Å²) in [5.74, 6) is 0.546. The lowest BCUT2D eigenvalue weighted by atomic mass is 10.3. The number of hydrogen-bond donors (Lipinski definition) is 0. The van der Waals surface area contributed by atoms with Gasteiger partial charge < -0.3 is 0 Å². The molecule has 1 saturated carbocycles. The summed E-state index contributed by atoms with van der Waals surface area (Å²) >= 11 is 1.48. The summed E-state index contributed by atoms with van der Waals surface area (Å²) in [5, 5.41) is 8.50. The predicted octanol–water partition coefficient (Wildman–Crippen LogP) is 2.28. The highest BCUT2D eigenvalue weighted by Gasteiger charge is 2.35. The fraction of sp³-hybridized carbons (Fsp3) is 0.500. The summed E-state index contributed by atoms with van der Waals surface area (Å²) in [6, 6.07) is 0.121. The average Bonchev–Trinajstić information content (AvgIpc) is 2.93. The Bertz CT molecular complexity index is 746. The average molecular weight is 319 g/mol. The monoisotopic (exact) mass is 318 g/mol. The van der Waals surface area contributed by atoms with Crippen LogP contribution in [0.4, 0.5) is 0 Å². The molecule has 0 aliphatic heterocycles. The Kier molecular flexibility index (Phi) is 2.91. The quantitative estimate of drug-likeness (QED) is 0.811. The molecule has 6 nitrogen and oxygen atoms in total. The van der Waals surface area contributed by atoms with Gasteiger partial charge in [-0.1, -0.05) is 0 Å². The molecule has 9 heteroatoms. The Labute approximate surface area is 118 Å². The lowest BCUT2D eigenvalue weighted by Gasteiger charge is -2.05. The van der Waals surface area contributed by atoms with Crippen molar-refractivity contribution in [2.45, 2.75) is 37.9 Å². The molecule has 0 atom stereocenters. The van der Waals surface area contributed by atoms with E-state index in [0.717, 1.165) is 28.4 Å². The number of aryl methyl sites for hydroxylation is 2. The third kappa shape index (κ3) is 2.28. The third-order valence-electron chi connectivity index (χ3n) is 2.90. The molecule has 3 rings (SSSR count). The number of halogens is 1. The van der Waals surface area contributed by atoms with E-state index >= 15 is 0 Å². The number of rotatable bonds is 3. The van der Waals surface area contributed by atoms with Crippen molar-refractivity contribution in [3.05, 3.63) is 10.7 Å². The molecule has 0 amide bonds. The number of nitrogens with zero attached hydrogens (tertiary/aromatic N) is 4.